The van der Waals surface area contributed by atoms with Crippen LogP contribution in [-0.2, 0) is 19.1 Å². The van der Waals surface area contributed by atoms with Crippen LogP contribution in [0.4, 0.5) is 5.69 Å². The first-order valence-electron chi connectivity index (χ1n) is 14.7. The molecule has 1 spiro atoms. The molecule has 3 aliphatic rings. The SMILES string of the molecule is C=CCOC(=O)[C@@H]1[C@@H]2CC(C)C3(S2)C(C(=O)N(CC=C)c2ccc4ccccc4c2)N([C@H](CO)c2ccccc2)C(=O)[C@H]13. The molecule has 3 heterocycles. The zero-order chi connectivity index (χ0) is 30.3. The molecule has 3 unspecified atom stereocenters. The number of hydrogen-bond donors (Lipinski definition) is 1. The van der Waals surface area contributed by atoms with Crippen LogP contribution in [0.2, 0.25) is 0 Å². The Morgan fingerprint density at radius 3 is 2.51 bits per heavy atom. The van der Waals surface area contributed by atoms with E-state index in [1.54, 1.807) is 27.6 Å². The number of esters is 1. The number of benzene rings is 3. The molecule has 0 aromatic heterocycles. The average molecular weight is 597 g/mol. The van der Waals surface area contributed by atoms with E-state index < -0.39 is 34.6 Å². The summed E-state index contributed by atoms with van der Waals surface area (Å²) in [6.45, 7) is 9.59. The quantitative estimate of drug-likeness (QED) is 0.257. The molecule has 0 radical (unpaired) electrons. The highest BCUT2D eigenvalue weighted by molar-refractivity contribution is 8.02. The molecule has 3 saturated heterocycles. The standard InChI is InChI=1S/C35H36N2O5S/c1-4-17-36(26-16-15-23-11-9-10-14-25(23)20-26)33(40)31-35-22(3)19-28(43-35)29(34(41)42-18-5-2)30(35)32(39)37(31)27(21-38)24-12-7-6-8-13-24/h4-16,20,22,27-31,38H,1-2,17-19,21H2,3H3/t22?,27-,28+,29-,30+,31?,35?/m1/s1. The Kier molecular flexibility index (Phi) is 7.92. The van der Waals surface area contributed by atoms with E-state index in [1.807, 2.05) is 72.8 Å². The second-order valence-corrected chi connectivity index (χ2v) is 13.1. The van der Waals surface area contributed by atoms with Crippen LogP contribution in [0.3, 0.4) is 0 Å². The lowest BCUT2D eigenvalue weighted by atomic mass is 9.66. The van der Waals surface area contributed by atoms with Crippen molar-refractivity contribution in [3.63, 3.8) is 0 Å². The van der Waals surface area contributed by atoms with E-state index in [2.05, 4.69) is 20.1 Å². The van der Waals surface area contributed by atoms with Crippen LogP contribution < -0.4 is 4.90 Å². The number of ether oxygens (including phenoxy) is 1. The van der Waals surface area contributed by atoms with Crippen molar-refractivity contribution in [2.75, 3.05) is 24.7 Å². The Hall–Kier alpha value is -3.88. The van der Waals surface area contributed by atoms with Gasteiger partial charge in [-0.2, -0.15) is 0 Å². The van der Waals surface area contributed by atoms with Crippen molar-refractivity contribution in [2.24, 2.45) is 17.8 Å². The zero-order valence-electron chi connectivity index (χ0n) is 24.2. The van der Waals surface area contributed by atoms with Crippen molar-refractivity contribution in [2.45, 2.75) is 35.4 Å². The lowest BCUT2D eigenvalue weighted by molar-refractivity contribution is -0.154. The second kappa shape index (κ2) is 11.7. The molecule has 8 heteroatoms. The molecule has 7 atom stereocenters. The first-order chi connectivity index (χ1) is 20.9. The number of nitrogens with zero attached hydrogens (tertiary/aromatic N) is 2. The molecule has 3 aromatic carbocycles. The number of carbonyl (C=O) groups is 3. The van der Waals surface area contributed by atoms with Gasteiger partial charge >= 0.3 is 5.97 Å². The third-order valence-electron chi connectivity index (χ3n) is 9.35. The summed E-state index contributed by atoms with van der Waals surface area (Å²) in [5, 5.41) is 12.7. The van der Waals surface area contributed by atoms with Crippen molar-refractivity contribution >= 4 is 46.0 Å². The summed E-state index contributed by atoms with van der Waals surface area (Å²) in [5.74, 6) is -2.44. The molecule has 3 aromatic rings. The van der Waals surface area contributed by atoms with Gasteiger partial charge in [0.05, 0.1) is 29.2 Å². The molecule has 2 amide bonds. The van der Waals surface area contributed by atoms with Crippen LogP contribution in [0, 0.1) is 17.8 Å². The van der Waals surface area contributed by atoms with Crippen LogP contribution in [0.25, 0.3) is 10.8 Å². The fraction of sp³-hybridized carbons (Fsp3) is 0.343. The van der Waals surface area contributed by atoms with Crippen molar-refractivity contribution in [1.82, 2.24) is 4.90 Å². The van der Waals surface area contributed by atoms with E-state index in [9.17, 15) is 14.7 Å². The van der Waals surface area contributed by atoms with Gasteiger partial charge in [0, 0.05) is 17.5 Å². The summed E-state index contributed by atoms with van der Waals surface area (Å²) in [6.07, 6.45) is 3.88. The molecule has 3 fully saturated rings. The maximum Gasteiger partial charge on any atom is 0.311 e. The minimum absolute atomic E-state index is 0.0313. The van der Waals surface area contributed by atoms with Crippen molar-refractivity contribution < 1.29 is 24.2 Å². The monoisotopic (exact) mass is 596 g/mol. The lowest BCUT2D eigenvalue weighted by Crippen LogP contribution is -2.58. The first kappa shape index (κ1) is 29.2. The highest BCUT2D eigenvalue weighted by Crippen LogP contribution is 2.69. The van der Waals surface area contributed by atoms with Crippen LogP contribution in [0.15, 0.2) is 98.1 Å². The minimum atomic E-state index is -0.920. The second-order valence-electron chi connectivity index (χ2n) is 11.6. The third kappa shape index (κ3) is 4.59. The van der Waals surface area contributed by atoms with Gasteiger partial charge in [0.15, 0.2) is 0 Å². The first-order valence-corrected chi connectivity index (χ1v) is 15.6. The van der Waals surface area contributed by atoms with E-state index >= 15 is 4.79 Å². The van der Waals surface area contributed by atoms with Crippen LogP contribution >= 0.6 is 11.8 Å². The van der Waals surface area contributed by atoms with Crippen LogP contribution in [0.5, 0.6) is 0 Å². The Morgan fingerprint density at radius 2 is 1.81 bits per heavy atom. The average Bonchev–Trinajstić information content (AvgIpc) is 3.63. The molecule has 6 rings (SSSR count). The van der Waals surface area contributed by atoms with Gasteiger partial charge in [-0.15, -0.1) is 18.3 Å². The van der Waals surface area contributed by atoms with E-state index in [0.29, 0.717) is 12.1 Å². The summed E-state index contributed by atoms with van der Waals surface area (Å²) < 4.78 is 4.65. The van der Waals surface area contributed by atoms with Crippen molar-refractivity contribution in [3.05, 3.63) is 104 Å². The Morgan fingerprint density at radius 1 is 1.09 bits per heavy atom. The van der Waals surface area contributed by atoms with Gasteiger partial charge < -0.3 is 19.6 Å². The molecule has 0 saturated carbocycles. The number of thioether (sulfide) groups is 1. The summed E-state index contributed by atoms with van der Waals surface area (Å²) in [6, 6.07) is 21.4. The molecular weight excluding hydrogens is 560 g/mol. The number of rotatable bonds is 10. The summed E-state index contributed by atoms with van der Waals surface area (Å²) in [7, 11) is 0. The van der Waals surface area contributed by atoms with Gasteiger partial charge in [0.1, 0.15) is 12.6 Å². The molecular formula is C35H36N2O5S. The molecule has 2 bridgehead atoms. The number of carbonyl (C=O) groups excluding carboxylic acids is 3. The van der Waals surface area contributed by atoms with E-state index in [1.165, 1.54) is 6.08 Å². The minimum Gasteiger partial charge on any atom is -0.461 e. The van der Waals surface area contributed by atoms with Crippen molar-refractivity contribution in [3.8, 4) is 0 Å². The van der Waals surface area contributed by atoms with E-state index in [-0.39, 0.29) is 42.7 Å². The molecule has 3 aliphatic heterocycles. The number of amides is 2. The molecule has 1 N–H and O–H groups in total. The molecule has 43 heavy (non-hydrogen) atoms. The number of anilines is 1. The Balaban J connectivity index is 1.50. The normalized spacial score (nSPS) is 28.0. The number of aliphatic hydroxyl groups is 1. The van der Waals surface area contributed by atoms with Gasteiger partial charge in [0.2, 0.25) is 5.91 Å². The van der Waals surface area contributed by atoms with Gasteiger partial charge in [-0.1, -0.05) is 86.3 Å². The molecule has 0 aliphatic carbocycles. The summed E-state index contributed by atoms with van der Waals surface area (Å²) in [4.78, 5) is 46.4. The maximum absolute atomic E-state index is 15.1. The Bertz CT molecular complexity index is 1580. The smallest absolute Gasteiger partial charge is 0.311 e. The number of hydrogen-bond acceptors (Lipinski definition) is 6. The van der Waals surface area contributed by atoms with Crippen molar-refractivity contribution in [1.29, 1.82) is 0 Å². The third-order valence-corrected chi connectivity index (χ3v) is 11.4. The fourth-order valence-electron chi connectivity index (χ4n) is 7.55. The van der Waals surface area contributed by atoms with Gasteiger partial charge in [0.25, 0.3) is 5.91 Å². The number of fused-ring (bicyclic) bond motifs is 2. The maximum atomic E-state index is 15.1. The number of aliphatic hydroxyl groups excluding tert-OH is 1. The van der Waals surface area contributed by atoms with E-state index in [4.69, 9.17) is 4.74 Å². The predicted molar refractivity (Wildman–Crippen MR) is 169 cm³/mol. The molecule has 7 nitrogen and oxygen atoms in total. The largest absolute Gasteiger partial charge is 0.461 e. The topological polar surface area (TPSA) is 87.2 Å². The lowest BCUT2D eigenvalue weighted by Gasteiger charge is -2.42. The summed E-state index contributed by atoms with van der Waals surface area (Å²) >= 11 is 1.58. The van der Waals surface area contributed by atoms with Gasteiger partial charge in [-0.25, -0.2) is 0 Å². The van der Waals surface area contributed by atoms with Crippen LogP contribution in [-0.4, -0.2) is 63.6 Å². The van der Waals surface area contributed by atoms with Crippen LogP contribution in [0.1, 0.15) is 24.9 Å². The predicted octanol–water partition coefficient (Wildman–Crippen LogP) is 5.16. The summed E-state index contributed by atoms with van der Waals surface area (Å²) in [5.41, 5.74) is 1.43. The van der Waals surface area contributed by atoms with Gasteiger partial charge in [-0.3, -0.25) is 14.4 Å². The molecule has 222 valence electrons. The number of likely N-dealkylation sites (tertiary alicyclic amines) is 1. The zero-order valence-corrected chi connectivity index (χ0v) is 25.0. The van der Waals surface area contributed by atoms with Gasteiger partial charge in [-0.05, 0) is 40.8 Å². The highest BCUT2D eigenvalue weighted by Gasteiger charge is 2.77. The fourth-order valence-corrected chi connectivity index (χ4v) is 9.94. The highest BCUT2D eigenvalue weighted by atomic mass is 32.2. The van der Waals surface area contributed by atoms with E-state index in [0.717, 1.165) is 16.3 Å². The Labute approximate surface area is 256 Å².